The van der Waals surface area contributed by atoms with Crippen LogP contribution in [0.2, 0.25) is 0 Å². The SMILES string of the molecule is CCCNCCS(=O)(=O)Nc1ccc(F)c(OC)c1. The van der Waals surface area contributed by atoms with Crippen LogP contribution in [-0.2, 0) is 10.0 Å². The van der Waals surface area contributed by atoms with Crippen LogP contribution in [0.4, 0.5) is 10.1 Å². The van der Waals surface area contributed by atoms with Crippen molar-refractivity contribution in [3.8, 4) is 5.75 Å². The largest absolute Gasteiger partial charge is 0.494 e. The molecule has 19 heavy (non-hydrogen) atoms. The molecule has 0 aliphatic carbocycles. The molecule has 0 aromatic heterocycles. The van der Waals surface area contributed by atoms with Gasteiger partial charge >= 0.3 is 0 Å². The second kappa shape index (κ2) is 7.30. The number of hydrogen-bond donors (Lipinski definition) is 2. The van der Waals surface area contributed by atoms with Crippen LogP contribution in [0.15, 0.2) is 18.2 Å². The Morgan fingerprint density at radius 3 is 2.68 bits per heavy atom. The van der Waals surface area contributed by atoms with Gasteiger partial charge < -0.3 is 10.1 Å². The topological polar surface area (TPSA) is 67.4 Å². The first kappa shape index (κ1) is 15.7. The molecule has 1 aromatic rings. The maximum Gasteiger partial charge on any atom is 0.233 e. The smallest absolute Gasteiger partial charge is 0.233 e. The van der Waals surface area contributed by atoms with Gasteiger partial charge in [-0.1, -0.05) is 6.92 Å². The van der Waals surface area contributed by atoms with E-state index in [0.717, 1.165) is 19.0 Å². The predicted molar refractivity (Wildman–Crippen MR) is 73.5 cm³/mol. The Kier molecular flexibility index (Phi) is 6.04. The fraction of sp³-hybridized carbons (Fsp3) is 0.500. The lowest BCUT2D eigenvalue weighted by Crippen LogP contribution is -2.27. The van der Waals surface area contributed by atoms with E-state index in [2.05, 4.69) is 10.0 Å². The number of hydrogen-bond acceptors (Lipinski definition) is 4. The summed E-state index contributed by atoms with van der Waals surface area (Å²) in [6, 6.07) is 3.83. The zero-order valence-corrected chi connectivity index (χ0v) is 11.9. The van der Waals surface area contributed by atoms with Crippen LogP contribution in [0.1, 0.15) is 13.3 Å². The van der Waals surface area contributed by atoms with Crippen LogP contribution in [0.5, 0.6) is 5.75 Å². The molecular formula is C12H19FN2O3S. The van der Waals surface area contributed by atoms with Crippen LogP contribution >= 0.6 is 0 Å². The molecule has 0 saturated carbocycles. The molecule has 2 N–H and O–H groups in total. The summed E-state index contributed by atoms with van der Waals surface area (Å²) in [5, 5.41) is 3.00. The lowest BCUT2D eigenvalue weighted by molar-refractivity contribution is 0.387. The summed E-state index contributed by atoms with van der Waals surface area (Å²) in [6.45, 7) is 3.16. The molecule has 0 fully saturated rings. The lowest BCUT2D eigenvalue weighted by Gasteiger charge is -2.10. The first-order valence-corrected chi connectivity index (χ1v) is 7.68. The first-order chi connectivity index (χ1) is 8.98. The summed E-state index contributed by atoms with van der Waals surface area (Å²) < 4.78 is 43.9. The quantitative estimate of drug-likeness (QED) is 0.713. The van der Waals surface area contributed by atoms with Crippen LogP contribution in [0.3, 0.4) is 0 Å². The van der Waals surface area contributed by atoms with Crippen LogP contribution < -0.4 is 14.8 Å². The van der Waals surface area contributed by atoms with Gasteiger partial charge in [0.1, 0.15) is 0 Å². The standard InChI is InChI=1S/C12H19FN2O3S/c1-3-6-14-7-8-19(16,17)15-10-4-5-11(13)12(9-10)18-2/h4-5,9,14-15H,3,6-8H2,1-2H3. The summed E-state index contributed by atoms with van der Waals surface area (Å²) in [5.74, 6) is -0.563. The van der Waals surface area contributed by atoms with Crippen molar-refractivity contribution in [2.24, 2.45) is 0 Å². The van der Waals surface area contributed by atoms with Gasteiger partial charge in [-0.3, -0.25) is 4.72 Å². The molecule has 1 aromatic carbocycles. The summed E-state index contributed by atoms with van der Waals surface area (Å²) >= 11 is 0. The molecule has 0 radical (unpaired) electrons. The van der Waals surface area contributed by atoms with Gasteiger partial charge in [-0.25, -0.2) is 12.8 Å². The molecule has 0 bridgehead atoms. The molecule has 108 valence electrons. The highest BCUT2D eigenvalue weighted by molar-refractivity contribution is 7.92. The highest BCUT2D eigenvalue weighted by Gasteiger charge is 2.11. The average molecular weight is 290 g/mol. The molecular weight excluding hydrogens is 271 g/mol. The summed E-state index contributed by atoms with van der Waals surface area (Å²) in [6.07, 6.45) is 0.947. The van der Waals surface area contributed by atoms with Crippen LogP contribution in [0, 0.1) is 5.82 Å². The Morgan fingerprint density at radius 2 is 2.05 bits per heavy atom. The van der Waals surface area contributed by atoms with Crippen molar-refractivity contribution in [2.75, 3.05) is 30.7 Å². The van der Waals surface area contributed by atoms with E-state index in [1.165, 1.54) is 19.2 Å². The lowest BCUT2D eigenvalue weighted by atomic mass is 10.3. The van der Waals surface area contributed by atoms with Crippen LogP contribution in [0.25, 0.3) is 0 Å². The molecule has 0 saturated heterocycles. The minimum Gasteiger partial charge on any atom is -0.494 e. The van der Waals surface area contributed by atoms with Gasteiger partial charge in [0, 0.05) is 12.6 Å². The van der Waals surface area contributed by atoms with Gasteiger partial charge in [0.2, 0.25) is 10.0 Å². The second-order valence-corrected chi connectivity index (χ2v) is 5.86. The molecule has 0 unspecified atom stereocenters. The fourth-order valence-corrected chi connectivity index (χ4v) is 2.46. The monoisotopic (exact) mass is 290 g/mol. The summed E-state index contributed by atoms with van der Waals surface area (Å²) in [4.78, 5) is 0. The van der Waals surface area contributed by atoms with Gasteiger partial charge in [0.15, 0.2) is 11.6 Å². The number of anilines is 1. The molecule has 0 aliphatic rings. The average Bonchev–Trinajstić information content (AvgIpc) is 2.37. The van der Waals surface area contributed by atoms with Crippen molar-refractivity contribution in [3.05, 3.63) is 24.0 Å². The third kappa shape index (κ3) is 5.44. The molecule has 0 atom stereocenters. The Hall–Kier alpha value is -1.34. The molecule has 0 amide bonds. The third-order valence-electron chi connectivity index (χ3n) is 2.40. The van der Waals surface area contributed by atoms with Crippen molar-refractivity contribution in [1.82, 2.24) is 5.32 Å². The zero-order chi connectivity index (χ0) is 14.3. The first-order valence-electron chi connectivity index (χ1n) is 6.03. The number of benzene rings is 1. The van der Waals surface area contributed by atoms with Crippen molar-refractivity contribution >= 4 is 15.7 Å². The highest BCUT2D eigenvalue weighted by Crippen LogP contribution is 2.22. The van der Waals surface area contributed by atoms with E-state index in [1.807, 2.05) is 6.92 Å². The highest BCUT2D eigenvalue weighted by atomic mass is 32.2. The van der Waals surface area contributed by atoms with E-state index < -0.39 is 15.8 Å². The molecule has 0 aliphatic heterocycles. The maximum absolute atomic E-state index is 13.2. The number of rotatable bonds is 8. The summed E-state index contributed by atoms with van der Waals surface area (Å²) in [5.41, 5.74) is 0.286. The molecule has 0 heterocycles. The number of nitrogens with one attached hydrogen (secondary N) is 2. The minimum absolute atomic E-state index is 0.00399. The van der Waals surface area contributed by atoms with Crippen molar-refractivity contribution in [2.45, 2.75) is 13.3 Å². The minimum atomic E-state index is -3.44. The predicted octanol–water partition coefficient (Wildman–Crippen LogP) is 1.58. The summed E-state index contributed by atoms with van der Waals surface area (Å²) in [7, 11) is -2.12. The van der Waals surface area contributed by atoms with Crippen molar-refractivity contribution < 1.29 is 17.5 Å². The van der Waals surface area contributed by atoms with Gasteiger partial charge in [-0.15, -0.1) is 0 Å². The number of halogens is 1. The van der Waals surface area contributed by atoms with Crippen molar-refractivity contribution in [3.63, 3.8) is 0 Å². The van der Waals surface area contributed by atoms with Crippen molar-refractivity contribution in [1.29, 1.82) is 0 Å². The molecule has 0 spiro atoms. The Bertz CT molecular complexity index is 506. The Balaban J connectivity index is 2.62. The number of ether oxygens (including phenoxy) is 1. The van der Waals surface area contributed by atoms with E-state index in [4.69, 9.17) is 4.74 Å². The van der Waals surface area contributed by atoms with E-state index >= 15 is 0 Å². The van der Waals surface area contributed by atoms with E-state index in [0.29, 0.717) is 6.54 Å². The number of methoxy groups -OCH3 is 1. The van der Waals surface area contributed by atoms with E-state index in [1.54, 1.807) is 0 Å². The van der Waals surface area contributed by atoms with Crippen LogP contribution in [-0.4, -0.2) is 34.4 Å². The normalized spacial score (nSPS) is 11.3. The van der Waals surface area contributed by atoms with Gasteiger partial charge in [0.25, 0.3) is 0 Å². The van der Waals surface area contributed by atoms with Gasteiger partial charge in [-0.2, -0.15) is 0 Å². The molecule has 7 heteroatoms. The molecule has 1 rings (SSSR count). The zero-order valence-electron chi connectivity index (χ0n) is 11.1. The second-order valence-electron chi connectivity index (χ2n) is 4.02. The Morgan fingerprint density at radius 1 is 1.32 bits per heavy atom. The Labute approximate surface area is 113 Å². The molecule has 5 nitrogen and oxygen atoms in total. The van der Waals surface area contributed by atoms with Gasteiger partial charge in [-0.05, 0) is 25.1 Å². The van der Waals surface area contributed by atoms with Gasteiger partial charge in [0.05, 0.1) is 18.6 Å². The van der Waals surface area contributed by atoms with E-state index in [-0.39, 0.29) is 17.2 Å². The third-order valence-corrected chi connectivity index (χ3v) is 3.69. The fourth-order valence-electron chi connectivity index (χ4n) is 1.46. The van der Waals surface area contributed by atoms with E-state index in [9.17, 15) is 12.8 Å². The number of sulfonamides is 1. The maximum atomic E-state index is 13.2.